The molecule has 0 N–H and O–H groups in total. The number of likely N-dealkylation sites (tertiary alicyclic amines) is 1. The Balaban J connectivity index is 2.01. The highest BCUT2D eigenvalue weighted by Gasteiger charge is 2.32. The standard InChI is InChI=1S/C12H19N3O3/c1-8(2)11-13-10(14-18-11)7-15-6-4-5-9(15)12(16)17-3/h8-9H,4-7H2,1-3H3. The zero-order valence-electron chi connectivity index (χ0n) is 11.0. The fourth-order valence-electron chi connectivity index (χ4n) is 2.17. The molecule has 6 heteroatoms. The van der Waals surface area contributed by atoms with E-state index in [-0.39, 0.29) is 17.9 Å². The Bertz CT molecular complexity index is 416. The van der Waals surface area contributed by atoms with Crippen LogP contribution in [0.25, 0.3) is 0 Å². The number of aromatic nitrogens is 2. The molecule has 1 fully saturated rings. The van der Waals surface area contributed by atoms with Crippen LogP contribution in [0.2, 0.25) is 0 Å². The maximum atomic E-state index is 11.6. The summed E-state index contributed by atoms with van der Waals surface area (Å²) in [5.41, 5.74) is 0. The summed E-state index contributed by atoms with van der Waals surface area (Å²) in [6, 6.07) is -0.170. The Morgan fingerprint density at radius 2 is 2.39 bits per heavy atom. The molecule has 0 amide bonds. The van der Waals surface area contributed by atoms with E-state index < -0.39 is 0 Å². The molecule has 0 radical (unpaired) electrons. The van der Waals surface area contributed by atoms with Gasteiger partial charge in [0.1, 0.15) is 6.04 Å². The van der Waals surface area contributed by atoms with Gasteiger partial charge in [0.2, 0.25) is 5.89 Å². The van der Waals surface area contributed by atoms with E-state index in [0.717, 1.165) is 19.4 Å². The molecule has 6 nitrogen and oxygen atoms in total. The summed E-state index contributed by atoms with van der Waals surface area (Å²) in [7, 11) is 1.42. The number of methoxy groups -OCH3 is 1. The van der Waals surface area contributed by atoms with Gasteiger partial charge in [-0.25, -0.2) is 0 Å². The first-order chi connectivity index (χ1) is 8.61. The van der Waals surface area contributed by atoms with Gasteiger partial charge in [-0.3, -0.25) is 9.69 Å². The van der Waals surface area contributed by atoms with Crippen LogP contribution in [0.15, 0.2) is 4.52 Å². The van der Waals surface area contributed by atoms with Crippen molar-refractivity contribution < 1.29 is 14.1 Å². The van der Waals surface area contributed by atoms with Gasteiger partial charge < -0.3 is 9.26 Å². The number of carbonyl (C=O) groups excluding carboxylic acids is 1. The van der Waals surface area contributed by atoms with Crippen molar-refractivity contribution in [3.8, 4) is 0 Å². The second kappa shape index (κ2) is 5.48. The molecule has 1 aliphatic heterocycles. The van der Waals surface area contributed by atoms with Crippen LogP contribution in [0.4, 0.5) is 0 Å². The van der Waals surface area contributed by atoms with Crippen molar-refractivity contribution in [1.29, 1.82) is 0 Å². The topological polar surface area (TPSA) is 68.5 Å². The number of rotatable bonds is 4. The third kappa shape index (κ3) is 2.69. The Morgan fingerprint density at radius 1 is 1.61 bits per heavy atom. The summed E-state index contributed by atoms with van der Waals surface area (Å²) in [5, 5.41) is 3.94. The Morgan fingerprint density at radius 3 is 3.00 bits per heavy atom. The maximum Gasteiger partial charge on any atom is 0.323 e. The van der Waals surface area contributed by atoms with Crippen molar-refractivity contribution in [2.45, 2.75) is 45.2 Å². The van der Waals surface area contributed by atoms with E-state index in [1.807, 2.05) is 18.7 Å². The van der Waals surface area contributed by atoms with Crippen LogP contribution in [-0.2, 0) is 16.1 Å². The minimum absolute atomic E-state index is 0.170. The highest BCUT2D eigenvalue weighted by atomic mass is 16.5. The first-order valence-corrected chi connectivity index (χ1v) is 6.26. The van der Waals surface area contributed by atoms with E-state index in [1.54, 1.807) is 0 Å². The van der Waals surface area contributed by atoms with Crippen molar-refractivity contribution in [3.05, 3.63) is 11.7 Å². The molecule has 1 aromatic rings. The van der Waals surface area contributed by atoms with Gasteiger partial charge in [0.25, 0.3) is 0 Å². The summed E-state index contributed by atoms with van der Waals surface area (Å²) in [6.07, 6.45) is 1.83. The molecule has 100 valence electrons. The third-order valence-corrected chi connectivity index (χ3v) is 3.16. The van der Waals surface area contributed by atoms with E-state index in [2.05, 4.69) is 10.1 Å². The molecule has 0 bridgehead atoms. The molecule has 0 saturated carbocycles. The third-order valence-electron chi connectivity index (χ3n) is 3.16. The lowest BCUT2D eigenvalue weighted by molar-refractivity contribution is -0.146. The van der Waals surface area contributed by atoms with Crippen molar-refractivity contribution in [1.82, 2.24) is 15.0 Å². The number of nitrogens with zero attached hydrogens (tertiary/aromatic N) is 3. The van der Waals surface area contributed by atoms with Crippen LogP contribution in [0.3, 0.4) is 0 Å². The number of esters is 1. The molecule has 18 heavy (non-hydrogen) atoms. The van der Waals surface area contributed by atoms with Crippen LogP contribution >= 0.6 is 0 Å². The summed E-state index contributed by atoms with van der Waals surface area (Å²) in [5.74, 6) is 1.31. The van der Waals surface area contributed by atoms with E-state index in [9.17, 15) is 4.79 Å². The fraction of sp³-hybridized carbons (Fsp3) is 0.750. The van der Waals surface area contributed by atoms with E-state index >= 15 is 0 Å². The lowest BCUT2D eigenvalue weighted by atomic mass is 10.2. The van der Waals surface area contributed by atoms with Crippen LogP contribution < -0.4 is 0 Å². The number of ether oxygens (including phenoxy) is 1. The van der Waals surface area contributed by atoms with Crippen LogP contribution in [0, 0.1) is 0 Å². The van der Waals surface area contributed by atoms with E-state index in [0.29, 0.717) is 18.3 Å². The van der Waals surface area contributed by atoms with Gasteiger partial charge in [-0.2, -0.15) is 4.98 Å². The minimum Gasteiger partial charge on any atom is -0.468 e. The first kappa shape index (κ1) is 13.0. The predicted molar refractivity (Wildman–Crippen MR) is 63.8 cm³/mol. The number of hydrogen-bond donors (Lipinski definition) is 0. The summed E-state index contributed by atoms with van der Waals surface area (Å²) in [6.45, 7) is 5.41. The monoisotopic (exact) mass is 253 g/mol. The first-order valence-electron chi connectivity index (χ1n) is 6.26. The second-order valence-corrected chi connectivity index (χ2v) is 4.86. The highest BCUT2D eigenvalue weighted by Crippen LogP contribution is 2.21. The normalized spacial score (nSPS) is 20.6. The highest BCUT2D eigenvalue weighted by molar-refractivity contribution is 5.75. The minimum atomic E-state index is -0.180. The summed E-state index contributed by atoms with van der Waals surface area (Å²) < 4.78 is 9.96. The van der Waals surface area contributed by atoms with Crippen molar-refractivity contribution >= 4 is 5.97 Å². The van der Waals surface area contributed by atoms with Crippen molar-refractivity contribution in [3.63, 3.8) is 0 Å². The number of carbonyl (C=O) groups is 1. The smallest absolute Gasteiger partial charge is 0.323 e. The molecule has 1 atom stereocenters. The zero-order chi connectivity index (χ0) is 13.1. The summed E-state index contributed by atoms with van der Waals surface area (Å²) >= 11 is 0. The van der Waals surface area contributed by atoms with Crippen molar-refractivity contribution in [2.24, 2.45) is 0 Å². The van der Waals surface area contributed by atoms with Crippen LogP contribution in [0.1, 0.15) is 44.3 Å². The second-order valence-electron chi connectivity index (χ2n) is 4.86. The molecule has 1 aromatic heterocycles. The van der Waals surface area contributed by atoms with Crippen molar-refractivity contribution in [2.75, 3.05) is 13.7 Å². The lowest BCUT2D eigenvalue weighted by Gasteiger charge is -2.20. The molecule has 1 saturated heterocycles. The molecule has 2 heterocycles. The van der Waals surface area contributed by atoms with Gasteiger partial charge in [0.05, 0.1) is 13.7 Å². The van der Waals surface area contributed by atoms with E-state index in [1.165, 1.54) is 7.11 Å². The van der Waals surface area contributed by atoms with Gasteiger partial charge in [-0.15, -0.1) is 0 Å². The molecular weight excluding hydrogens is 234 g/mol. The molecule has 0 aromatic carbocycles. The van der Waals surface area contributed by atoms with Gasteiger partial charge in [-0.05, 0) is 19.4 Å². The largest absolute Gasteiger partial charge is 0.468 e. The lowest BCUT2D eigenvalue weighted by Crippen LogP contribution is -2.36. The molecule has 1 unspecified atom stereocenters. The zero-order valence-corrected chi connectivity index (χ0v) is 11.0. The number of hydrogen-bond acceptors (Lipinski definition) is 6. The molecule has 2 rings (SSSR count). The van der Waals surface area contributed by atoms with Gasteiger partial charge in [0.15, 0.2) is 5.82 Å². The Kier molecular flexibility index (Phi) is 3.96. The summed E-state index contributed by atoms with van der Waals surface area (Å²) in [4.78, 5) is 18.0. The molecule has 1 aliphatic rings. The molecular formula is C12H19N3O3. The Labute approximate surface area is 106 Å². The van der Waals surface area contributed by atoms with Crippen LogP contribution in [-0.4, -0.2) is 40.7 Å². The van der Waals surface area contributed by atoms with Gasteiger partial charge in [0, 0.05) is 5.92 Å². The van der Waals surface area contributed by atoms with E-state index in [4.69, 9.17) is 9.26 Å². The molecule has 0 spiro atoms. The Hall–Kier alpha value is -1.43. The average molecular weight is 253 g/mol. The van der Waals surface area contributed by atoms with Crippen LogP contribution in [0.5, 0.6) is 0 Å². The van der Waals surface area contributed by atoms with Gasteiger partial charge >= 0.3 is 5.97 Å². The fourth-order valence-corrected chi connectivity index (χ4v) is 2.17. The predicted octanol–water partition coefficient (Wildman–Crippen LogP) is 1.33. The quantitative estimate of drug-likeness (QED) is 0.754. The maximum absolute atomic E-state index is 11.6. The van der Waals surface area contributed by atoms with Gasteiger partial charge in [-0.1, -0.05) is 19.0 Å². The molecule has 0 aliphatic carbocycles. The SMILES string of the molecule is COC(=O)C1CCCN1Cc1noc(C(C)C)n1. The average Bonchev–Trinajstić information content (AvgIpc) is 2.97.